The van der Waals surface area contributed by atoms with Gasteiger partial charge in [-0.25, -0.2) is 4.39 Å². The van der Waals surface area contributed by atoms with Gasteiger partial charge in [0.15, 0.2) is 0 Å². The SMILES string of the molecule is Cc1cc(F)ccc1-c1ccc(CN(CC(=O)O)C(C)C)o1. The molecule has 0 aliphatic rings. The molecule has 0 saturated carbocycles. The topological polar surface area (TPSA) is 53.7 Å². The van der Waals surface area contributed by atoms with Crippen LogP contribution < -0.4 is 0 Å². The van der Waals surface area contributed by atoms with Crippen molar-refractivity contribution in [3.05, 3.63) is 47.5 Å². The predicted molar refractivity (Wildman–Crippen MR) is 82.0 cm³/mol. The lowest BCUT2D eigenvalue weighted by Crippen LogP contribution is -2.34. The van der Waals surface area contributed by atoms with Crippen LogP contribution in [0.15, 0.2) is 34.7 Å². The second-order valence-corrected chi connectivity index (χ2v) is 5.62. The number of carbonyl (C=O) groups is 1. The molecule has 1 heterocycles. The Morgan fingerprint density at radius 2 is 2.05 bits per heavy atom. The quantitative estimate of drug-likeness (QED) is 0.884. The van der Waals surface area contributed by atoms with E-state index in [1.807, 2.05) is 37.8 Å². The van der Waals surface area contributed by atoms with Crippen LogP contribution in [0.25, 0.3) is 11.3 Å². The molecule has 1 N–H and O–H groups in total. The molecule has 0 saturated heterocycles. The molecule has 0 radical (unpaired) electrons. The number of carboxylic acids is 1. The van der Waals surface area contributed by atoms with Crippen molar-refractivity contribution in [2.24, 2.45) is 0 Å². The second-order valence-electron chi connectivity index (χ2n) is 5.62. The fraction of sp³-hybridized carbons (Fsp3) is 0.353. The fourth-order valence-electron chi connectivity index (χ4n) is 2.31. The molecule has 0 spiro atoms. The molecule has 2 rings (SSSR count). The number of hydrogen-bond donors (Lipinski definition) is 1. The third kappa shape index (κ3) is 3.95. The molecular formula is C17H20FNO3. The van der Waals surface area contributed by atoms with E-state index < -0.39 is 5.97 Å². The van der Waals surface area contributed by atoms with E-state index in [-0.39, 0.29) is 18.4 Å². The van der Waals surface area contributed by atoms with E-state index in [1.54, 1.807) is 6.07 Å². The Morgan fingerprint density at radius 1 is 1.32 bits per heavy atom. The Kier molecular flexibility index (Phi) is 4.98. The first kappa shape index (κ1) is 16.2. The maximum absolute atomic E-state index is 13.2. The smallest absolute Gasteiger partial charge is 0.317 e. The van der Waals surface area contributed by atoms with Gasteiger partial charge in [0.25, 0.3) is 0 Å². The molecule has 22 heavy (non-hydrogen) atoms. The van der Waals surface area contributed by atoms with Gasteiger partial charge in [0, 0.05) is 11.6 Å². The van der Waals surface area contributed by atoms with E-state index >= 15 is 0 Å². The molecular weight excluding hydrogens is 285 g/mol. The van der Waals surface area contributed by atoms with Crippen molar-refractivity contribution in [1.29, 1.82) is 0 Å². The van der Waals surface area contributed by atoms with Crippen molar-refractivity contribution in [1.82, 2.24) is 4.90 Å². The Hall–Kier alpha value is -2.14. The molecule has 0 atom stereocenters. The maximum Gasteiger partial charge on any atom is 0.317 e. The van der Waals surface area contributed by atoms with Gasteiger partial charge in [-0.05, 0) is 56.7 Å². The monoisotopic (exact) mass is 305 g/mol. The average Bonchev–Trinajstić information content (AvgIpc) is 2.85. The van der Waals surface area contributed by atoms with Gasteiger partial charge < -0.3 is 9.52 Å². The van der Waals surface area contributed by atoms with Gasteiger partial charge in [0.05, 0.1) is 13.1 Å². The number of carboxylic acid groups (broad SMARTS) is 1. The summed E-state index contributed by atoms with van der Waals surface area (Å²) in [7, 11) is 0. The fourth-order valence-corrected chi connectivity index (χ4v) is 2.31. The van der Waals surface area contributed by atoms with Crippen molar-refractivity contribution >= 4 is 5.97 Å². The van der Waals surface area contributed by atoms with Gasteiger partial charge >= 0.3 is 5.97 Å². The minimum atomic E-state index is -0.866. The first-order valence-corrected chi connectivity index (χ1v) is 7.18. The summed E-state index contributed by atoms with van der Waals surface area (Å²) in [6.45, 7) is 6.09. The summed E-state index contributed by atoms with van der Waals surface area (Å²) in [4.78, 5) is 12.7. The van der Waals surface area contributed by atoms with Crippen LogP contribution in [0.1, 0.15) is 25.2 Å². The van der Waals surface area contributed by atoms with Crippen molar-refractivity contribution in [3.63, 3.8) is 0 Å². The number of furan rings is 1. The van der Waals surface area contributed by atoms with Crippen molar-refractivity contribution < 1.29 is 18.7 Å². The average molecular weight is 305 g/mol. The van der Waals surface area contributed by atoms with Gasteiger partial charge in [-0.2, -0.15) is 0 Å². The van der Waals surface area contributed by atoms with Gasteiger partial charge in [-0.1, -0.05) is 0 Å². The summed E-state index contributed by atoms with van der Waals surface area (Å²) in [5.74, 6) is 0.204. The maximum atomic E-state index is 13.2. The van der Waals surface area contributed by atoms with E-state index in [0.717, 1.165) is 11.1 Å². The lowest BCUT2D eigenvalue weighted by molar-refractivity contribution is -0.139. The second kappa shape index (κ2) is 6.75. The molecule has 0 bridgehead atoms. The van der Waals surface area contributed by atoms with E-state index in [0.29, 0.717) is 18.1 Å². The summed E-state index contributed by atoms with van der Waals surface area (Å²) in [5, 5.41) is 8.95. The van der Waals surface area contributed by atoms with Crippen molar-refractivity contribution in [2.75, 3.05) is 6.54 Å². The van der Waals surface area contributed by atoms with Gasteiger partial charge in [-0.15, -0.1) is 0 Å². The lowest BCUT2D eigenvalue weighted by Gasteiger charge is -2.23. The molecule has 5 heteroatoms. The number of nitrogens with zero attached hydrogens (tertiary/aromatic N) is 1. The summed E-state index contributed by atoms with van der Waals surface area (Å²) < 4.78 is 19.0. The Bertz CT molecular complexity index is 664. The molecule has 1 aromatic heterocycles. The predicted octanol–water partition coefficient (Wildman–Crippen LogP) is 3.69. The molecule has 0 unspecified atom stereocenters. The number of hydrogen-bond acceptors (Lipinski definition) is 3. The third-order valence-electron chi connectivity index (χ3n) is 3.54. The zero-order chi connectivity index (χ0) is 16.3. The minimum absolute atomic E-state index is 0.0384. The van der Waals surface area contributed by atoms with Crippen LogP contribution in [-0.4, -0.2) is 28.6 Å². The zero-order valence-electron chi connectivity index (χ0n) is 13.0. The first-order valence-electron chi connectivity index (χ1n) is 7.18. The normalized spacial score (nSPS) is 11.4. The molecule has 0 fully saturated rings. The minimum Gasteiger partial charge on any atom is -0.480 e. The van der Waals surface area contributed by atoms with Crippen LogP contribution in [0, 0.1) is 12.7 Å². The highest BCUT2D eigenvalue weighted by atomic mass is 19.1. The summed E-state index contributed by atoms with van der Waals surface area (Å²) >= 11 is 0. The summed E-state index contributed by atoms with van der Waals surface area (Å²) in [5.41, 5.74) is 1.63. The van der Waals surface area contributed by atoms with E-state index in [1.165, 1.54) is 12.1 Å². The van der Waals surface area contributed by atoms with Gasteiger partial charge in [0.1, 0.15) is 17.3 Å². The molecule has 4 nitrogen and oxygen atoms in total. The first-order chi connectivity index (χ1) is 10.4. The third-order valence-corrected chi connectivity index (χ3v) is 3.54. The molecule has 118 valence electrons. The molecule has 0 amide bonds. The van der Waals surface area contributed by atoms with E-state index in [9.17, 15) is 9.18 Å². The number of rotatable bonds is 6. The van der Waals surface area contributed by atoms with E-state index in [2.05, 4.69) is 0 Å². The largest absolute Gasteiger partial charge is 0.480 e. The highest BCUT2D eigenvalue weighted by Gasteiger charge is 2.16. The standard InChI is InChI=1S/C17H20FNO3/c1-11(2)19(10-17(20)21)9-14-5-7-16(22-14)15-6-4-13(18)8-12(15)3/h4-8,11H,9-10H2,1-3H3,(H,20,21). The highest BCUT2D eigenvalue weighted by molar-refractivity contribution is 5.69. The lowest BCUT2D eigenvalue weighted by atomic mass is 10.1. The van der Waals surface area contributed by atoms with Crippen LogP contribution >= 0.6 is 0 Å². The summed E-state index contributed by atoms with van der Waals surface area (Å²) in [6.07, 6.45) is 0. The van der Waals surface area contributed by atoms with Crippen LogP contribution in [0.2, 0.25) is 0 Å². The van der Waals surface area contributed by atoms with Crippen molar-refractivity contribution in [2.45, 2.75) is 33.4 Å². The number of halogens is 1. The Labute approximate surface area is 129 Å². The Balaban J connectivity index is 2.18. The zero-order valence-corrected chi connectivity index (χ0v) is 13.0. The number of aliphatic carboxylic acids is 1. The van der Waals surface area contributed by atoms with Crippen molar-refractivity contribution in [3.8, 4) is 11.3 Å². The van der Waals surface area contributed by atoms with E-state index in [4.69, 9.17) is 9.52 Å². The highest BCUT2D eigenvalue weighted by Crippen LogP contribution is 2.26. The molecule has 2 aromatic rings. The number of benzene rings is 1. The number of aryl methyl sites for hydroxylation is 1. The molecule has 0 aliphatic heterocycles. The molecule has 1 aromatic carbocycles. The summed E-state index contributed by atoms with van der Waals surface area (Å²) in [6, 6.07) is 8.30. The van der Waals surface area contributed by atoms with Crippen LogP contribution in [-0.2, 0) is 11.3 Å². The van der Waals surface area contributed by atoms with Gasteiger partial charge in [-0.3, -0.25) is 9.69 Å². The van der Waals surface area contributed by atoms with Crippen LogP contribution in [0.4, 0.5) is 4.39 Å². The molecule has 0 aliphatic carbocycles. The van der Waals surface area contributed by atoms with Crippen LogP contribution in [0.5, 0.6) is 0 Å². The van der Waals surface area contributed by atoms with Crippen LogP contribution in [0.3, 0.4) is 0 Å². The van der Waals surface area contributed by atoms with Gasteiger partial charge in [0.2, 0.25) is 0 Å². The Morgan fingerprint density at radius 3 is 2.64 bits per heavy atom.